The summed E-state index contributed by atoms with van der Waals surface area (Å²) in [6.07, 6.45) is 1.20. The normalized spacial score (nSPS) is 10.5. The quantitative estimate of drug-likeness (QED) is 0.439. The molecule has 0 radical (unpaired) electrons. The van der Waals surface area contributed by atoms with Crippen molar-refractivity contribution in [2.75, 3.05) is 6.61 Å². The van der Waals surface area contributed by atoms with Gasteiger partial charge in [-0.3, -0.25) is 4.79 Å². The van der Waals surface area contributed by atoms with E-state index in [-0.39, 0.29) is 26.7 Å². The van der Waals surface area contributed by atoms with Gasteiger partial charge in [-0.05, 0) is 11.1 Å². The van der Waals surface area contributed by atoms with Crippen LogP contribution in [0.1, 0.15) is 21.6 Å². The van der Waals surface area contributed by atoms with Gasteiger partial charge in [0.2, 0.25) is 0 Å². The molecule has 0 saturated heterocycles. The molecule has 1 amide bonds. The molecular formula is C22H17Cl3N2O3. The first-order valence-corrected chi connectivity index (χ1v) is 10.1. The number of amides is 1. The Hall–Kier alpha value is -2.60. The molecule has 5 nitrogen and oxygen atoms in total. The lowest BCUT2D eigenvalue weighted by atomic mass is 10.1. The van der Waals surface area contributed by atoms with Gasteiger partial charge >= 0.3 is 5.97 Å². The number of ether oxygens (including phenoxy) is 1. The summed E-state index contributed by atoms with van der Waals surface area (Å²) in [5, 5.41) is -0.000347. The average Bonchev–Trinajstić information content (AvgIpc) is 2.76. The number of carbonyl (C=O) groups excluding carboxylic acids is 2. The van der Waals surface area contributed by atoms with Crippen molar-refractivity contribution < 1.29 is 14.3 Å². The van der Waals surface area contributed by atoms with Gasteiger partial charge in [-0.1, -0.05) is 95.5 Å². The summed E-state index contributed by atoms with van der Waals surface area (Å²) in [4.78, 5) is 30.6. The van der Waals surface area contributed by atoms with Crippen molar-refractivity contribution in [3.8, 4) is 0 Å². The number of aromatic nitrogens is 1. The molecule has 0 aliphatic carbocycles. The molecule has 0 unspecified atom stereocenters. The average molecular weight is 464 g/mol. The van der Waals surface area contributed by atoms with Crippen molar-refractivity contribution in [2.24, 2.45) is 0 Å². The maximum absolute atomic E-state index is 12.8. The minimum atomic E-state index is -0.855. The first kappa shape index (κ1) is 22.1. The number of carbonyl (C=O) groups is 2. The molecule has 8 heteroatoms. The minimum Gasteiger partial charge on any atom is -0.451 e. The number of benzene rings is 2. The van der Waals surface area contributed by atoms with Crippen molar-refractivity contribution in [3.63, 3.8) is 0 Å². The number of halogens is 3. The highest BCUT2D eigenvalue weighted by Crippen LogP contribution is 2.31. The smallest absolute Gasteiger partial charge is 0.359 e. The first-order valence-electron chi connectivity index (χ1n) is 8.98. The van der Waals surface area contributed by atoms with Crippen LogP contribution in [0.2, 0.25) is 15.1 Å². The monoisotopic (exact) mass is 462 g/mol. The molecule has 154 valence electrons. The van der Waals surface area contributed by atoms with Gasteiger partial charge in [-0.2, -0.15) is 0 Å². The van der Waals surface area contributed by atoms with Gasteiger partial charge in [0.1, 0.15) is 0 Å². The number of nitrogens with zero attached hydrogens (tertiary/aromatic N) is 2. The summed E-state index contributed by atoms with van der Waals surface area (Å²) in [5.74, 6) is -1.21. The zero-order chi connectivity index (χ0) is 21.5. The van der Waals surface area contributed by atoms with Gasteiger partial charge < -0.3 is 9.64 Å². The SMILES string of the molecule is O=C(OCC(=O)N(Cc1ccccc1)Cc1ccccc1)c1ncc(Cl)c(Cl)c1Cl. The molecule has 0 aliphatic heterocycles. The second kappa shape index (κ2) is 10.4. The fraction of sp³-hybridized carbons (Fsp3) is 0.136. The summed E-state index contributed by atoms with van der Waals surface area (Å²) in [6.45, 7) is 0.284. The summed E-state index contributed by atoms with van der Waals surface area (Å²) < 4.78 is 5.14. The lowest BCUT2D eigenvalue weighted by Crippen LogP contribution is -2.34. The predicted octanol–water partition coefficient (Wildman–Crippen LogP) is 5.43. The number of hydrogen-bond donors (Lipinski definition) is 0. The second-order valence-electron chi connectivity index (χ2n) is 6.38. The molecule has 0 fully saturated rings. The molecule has 0 spiro atoms. The van der Waals surface area contributed by atoms with Gasteiger partial charge in [0.05, 0.1) is 15.1 Å². The molecular weight excluding hydrogens is 447 g/mol. The molecule has 0 N–H and O–H groups in total. The van der Waals surface area contributed by atoms with Crippen molar-refractivity contribution in [3.05, 3.63) is 98.7 Å². The number of esters is 1. The van der Waals surface area contributed by atoms with Crippen molar-refractivity contribution in [2.45, 2.75) is 13.1 Å². The van der Waals surface area contributed by atoms with E-state index in [0.29, 0.717) is 13.1 Å². The van der Waals surface area contributed by atoms with E-state index in [1.165, 1.54) is 6.20 Å². The fourth-order valence-corrected chi connectivity index (χ4v) is 3.27. The third-order valence-electron chi connectivity index (χ3n) is 4.22. The molecule has 30 heavy (non-hydrogen) atoms. The van der Waals surface area contributed by atoms with E-state index in [1.807, 2.05) is 60.7 Å². The van der Waals surface area contributed by atoms with E-state index in [9.17, 15) is 9.59 Å². The van der Waals surface area contributed by atoms with Gasteiger partial charge in [0.15, 0.2) is 12.3 Å². The molecule has 3 rings (SSSR count). The van der Waals surface area contributed by atoms with Crippen LogP contribution in [0.4, 0.5) is 0 Å². The topological polar surface area (TPSA) is 59.5 Å². The third kappa shape index (κ3) is 5.72. The maximum Gasteiger partial charge on any atom is 0.359 e. The number of pyridine rings is 1. The largest absolute Gasteiger partial charge is 0.451 e. The summed E-state index contributed by atoms with van der Waals surface area (Å²) in [6, 6.07) is 19.1. The standard InChI is InChI=1S/C22H17Cl3N2O3/c23-17-11-26-21(20(25)19(17)24)22(29)30-14-18(28)27(12-15-7-3-1-4-8-15)13-16-9-5-2-6-10-16/h1-11H,12-14H2. The van der Waals surface area contributed by atoms with Gasteiger partial charge in [-0.25, -0.2) is 9.78 Å². The molecule has 3 aromatic rings. The molecule has 0 aliphatic rings. The van der Waals surface area contributed by atoms with E-state index in [1.54, 1.807) is 4.90 Å². The van der Waals surface area contributed by atoms with E-state index in [2.05, 4.69) is 4.98 Å². The van der Waals surface area contributed by atoms with E-state index in [0.717, 1.165) is 11.1 Å². The second-order valence-corrected chi connectivity index (χ2v) is 7.54. The molecule has 0 atom stereocenters. The van der Waals surface area contributed by atoms with Crippen molar-refractivity contribution in [1.29, 1.82) is 0 Å². The van der Waals surface area contributed by atoms with Crippen LogP contribution < -0.4 is 0 Å². The Kier molecular flexibility index (Phi) is 7.69. The fourth-order valence-electron chi connectivity index (χ4n) is 2.71. The Morgan fingerprint density at radius 3 is 1.90 bits per heavy atom. The van der Waals surface area contributed by atoms with Crippen LogP contribution in [-0.2, 0) is 22.6 Å². The van der Waals surface area contributed by atoms with Crippen molar-refractivity contribution in [1.82, 2.24) is 9.88 Å². The van der Waals surface area contributed by atoms with Crippen LogP contribution in [0.5, 0.6) is 0 Å². The Bertz CT molecular complexity index is 989. The van der Waals surface area contributed by atoms with Gasteiger partial charge in [-0.15, -0.1) is 0 Å². The highest BCUT2D eigenvalue weighted by atomic mass is 35.5. The number of rotatable bonds is 7. The molecule has 0 bridgehead atoms. The molecule has 0 saturated carbocycles. The zero-order valence-electron chi connectivity index (χ0n) is 15.7. The van der Waals surface area contributed by atoms with E-state index in [4.69, 9.17) is 39.5 Å². The van der Waals surface area contributed by atoms with Crippen LogP contribution >= 0.6 is 34.8 Å². The Morgan fingerprint density at radius 2 is 1.37 bits per heavy atom. The summed E-state index contributed by atoms with van der Waals surface area (Å²) >= 11 is 17.8. The van der Waals surface area contributed by atoms with Crippen LogP contribution in [0, 0.1) is 0 Å². The lowest BCUT2D eigenvalue weighted by molar-refractivity contribution is -0.135. The van der Waals surface area contributed by atoms with Crippen LogP contribution in [-0.4, -0.2) is 28.4 Å². The van der Waals surface area contributed by atoms with E-state index >= 15 is 0 Å². The van der Waals surface area contributed by atoms with Crippen LogP contribution in [0.15, 0.2) is 66.9 Å². The van der Waals surface area contributed by atoms with Crippen LogP contribution in [0.3, 0.4) is 0 Å². The highest BCUT2D eigenvalue weighted by Gasteiger charge is 2.21. The maximum atomic E-state index is 12.8. The Labute approximate surface area is 189 Å². The zero-order valence-corrected chi connectivity index (χ0v) is 18.0. The Balaban J connectivity index is 1.71. The highest BCUT2D eigenvalue weighted by molar-refractivity contribution is 6.48. The third-order valence-corrected chi connectivity index (χ3v) is 5.46. The molecule has 1 aromatic heterocycles. The lowest BCUT2D eigenvalue weighted by Gasteiger charge is -2.23. The summed E-state index contributed by atoms with van der Waals surface area (Å²) in [5.41, 5.74) is 1.72. The first-order chi connectivity index (χ1) is 14.5. The van der Waals surface area contributed by atoms with Gasteiger partial charge in [0, 0.05) is 19.3 Å². The van der Waals surface area contributed by atoms with E-state index < -0.39 is 12.6 Å². The summed E-state index contributed by atoms with van der Waals surface area (Å²) in [7, 11) is 0. The van der Waals surface area contributed by atoms with Gasteiger partial charge in [0.25, 0.3) is 5.91 Å². The minimum absolute atomic E-state index is 0.00129. The molecule has 1 heterocycles. The van der Waals surface area contributed by atoms with Crippen LogP contribution in [0.25, 0.3) is 0 Å². The van der Waals surface area contributed by atoms with Crippen molar-refractivity contribution >= 4 is 46.7 Å². The predicted molar refractivity (Wildman–Crippen MR) is 117 cm³/mol. The molecule has 2 aromatic carbocycles. The number of hydrogen-bond acceptors (Lipinski definition) is 4. The Morgan fingerprint density at radius 1 is 0.833 bits per heavy atom.